The number of carbonyl (C=O) groups is 1. The number of aromatic nitrogens is 2. The molecule has 0 saturated heterocycles. The van der Waals surface area contributed by atoms with Gasteiger partial charge in [0, 0.05) is 31.9 Å². The number of carbonyl (C=O) groups excluding carboxylic acids is 1. The average Bonchev–Trinajstić information content (AvgIpc) is 3.16. The van der Waals surface area contributed by atoms with Gasteiger partial charge in [0.15, 0.2) is 5.78 Å². The summed E-state index contributed by atoms with van der Waals surface area (Å²) in [6, 6.07) is 29.6. The standard InChI is InChI=1S/C12H11NO.C11H8N.Ir/c1-9-7-8-11(13-9)12(14)10-5-3-2-4-6-10;1-2-6-10(7-3-1)11-8-4-5-9-12-11;/h2-8H,1H3,(H,13,14);1-6,8-9H;/q;-1;/p-1. The van der Waals surface area contributed by atoms with Gasteiger partial charge in [-0.25, -0.2) is 0 Å². The predicted molar refractivity (Wildman–Crippen MR) is 103 cm³/mol. The Morgan fingerprint density at radius 2 is 1.63 bits per heavy atom. The summed E-state index contributed by atoms with van der Waals surface area (Å²) in [7, 11) is 0. The molecule has 0 bridgehead atoms. The van der Waals surface area contributed by atoms with Gasteiger partial charge < -0.3 is 9.97 Å². The van der Waals surface area contributed by atoms with Gasteiger partial charge >= 0.3 is 0 Å². The van der Waals surface area contributed by atoms with Crippen molar-refractivity contribution in [1.29, 1.82) is 0 Å². The summed E-state index contributed by atoms with van der Waals surface area (Å²) in [6.45, 7) is 1.88. The van der Waals surface area contributed by atoms with E-state index in [9.17, 15) is 4.79 Å². The smallest absolute Gasteiger partial charge is 0.171 e. The van der Waals surface area contributed by atoms with Crippen molar-refractivity contribution in [3.8, 4) is 11.3 Å². The molecule has 0 aliphatic heterocycles. The van der Waals surface area contributed by atoms with Crippen molar-refractivity contribution < 1.29 is 24.9 Å². The van der Waals surface area contributed by atoms with E-state index < -0.39 is 0 Å². The van der Waals surface area contributed by atoms with Gasteiger partial charge in [-0.3, -0.25) is 4.79 Å². The zero-order chi connectivity index (χ0) is 18.2. The van der Waals surface area contributed by atoms with Crippen molar-refractivity contribution in [2.75, 3.05) is 0 Å². The van der Waals surface area contributed by atoms with E-state index in [2.05, 4.69) is 16.0 Å². The van der Waals surface area contributed by atoms with Crippen molar-refractivity contribution >= 4 is 5.78 Å². The first-order chi connectivity index (χ1) is 12.7. The number of pyridine rings is 1. The molecule has 0 amide bonds. The molecule has 27 heavy (non-hydrogen) atoms. The molecule has 2 aromatic heterocycles. The van der Waals surface area contributed by atoms with Crippen molar-refractivity contribution in [2.45, 2.75) is 6.92 Å². The van der Waals surface area contributed by atoms with E-state index in [1.165, 1.54) is 0 Å². The zero-order valence-electron chi connectivity index (χ0n) is 14.8. The molecule has 137 valence electrons. The molecule has 0 aliphatic rings. The largest absolute Gasteiger partial charge is 0.658 e. The van der Waals surface area contributed by atoms with Crippen LogP contribution < -0.4 is 4.98 Å². The minimum atomic E-state index is -0.0151. The van der Waals surface area contributed by atoms with Crippen LogP contribution in [-0.4, -0.2) is 10.8 Å². The van der Waals surface area contributed by atoms with E-state index >= 15 is 0 Å². The molecule has 3 nitrogen and oxygen atoms in total. The molecule has 1 radical (unpaired) electrons. The number of benzene rings is 2. The number of aryl methyl sites for hydroxylation is 1. The van der Waals surface area contributed by atoms with E-state index in [0.717, 1.165) is 17.0 Å². The second-order valence-electron chi connectivity index (χ2n) is 5.66. The van der Waals surface area contributed by atoms with E-state index in [0.29, 0.717) is 11.3 Å². The normalized spacial score (nSPS) is 9.52. The van der Waals surface area contributed by atoms with E-state index in [1.807, 2.05) is 73.7 Å². The molecule has 2 aromatic carbocycles. The molecule has 0 unspecified atom stereocenters. The summed E-state index contributed by atoms with van der Waals surface area (Å²) >= 11 is 0. The molecule has 0 N–H and O–H groups in total. The van der Waals surface area contributed by atoms with Crippen molar-refractivity contribution in [3.63, 3.8) is 0 Å². The Morgan fingerprint density at radius 3 is 2.22 bits per heavy atom. The van der Waals surface area contributed by atoms with Crippen LogP contribution in [0, 0.1) is 13.0 Å². The SMILES string of the molecule is Cc1ccc(C(=O)c2ccccc2)[n-]1.[Ir].[c-]1ccccc1-c1ccccn1. The summed E-state index contributed by atoms with van der Waals surface area (Å²) in [5, 5.41) is 0. The van der Waals surface area contributed by atoms with Crippen LogP contribution in [0.2, 0.25) is 0 Å². The summed E-state index contributed by atoms with van der Waals surface area (Å²) < 4.78 is 0. The third-order valence-corrected chi connectivity index (χ3v) is 3.70. The van der Waals surface area contributed by atoms with Crippen molar-refractivity contribution in [3.05, 3.63) is 114 Å². The summed E-state index contributed by atoms with van der Waals surface area (Å²) in [4.78, 5) is 20.2. The van der Waals surface area contributed by atoms with Gasteiger partial charge in [-0.05, 0) is 11.8 Å². The van der Waals surface area contributed by atoms with Gasteiger partial charge in [0.2, 0.25) is 0 Å². The molecular weight excluding hydrogens is 512 g/mol. The van der Waals surface area contributed by atoms with Crippen LogP contribution in [0.15, 0.2) is 91.1 Å². The minimum absolute atomic E-state index is 0. The Bertz CT molecular complexity index is 914. The van der Waals surface area contributed by atoms with Crippen LogP contribution in [0.4, 0.5) is 0 Å². The quantitative estimate of drug-likeness (QED) is 0.284. The van der Waals surface area contributed by atoms with Gasteiger partial charge in [-0.1, -0.05) is 67.2 Å². The van der Waals surface area contributed by atoms with Crippen molar-refractivity contribution in [2.24, 2.45) is 0 Å². The second-order valence-corrected chi connectivity index (χ2v) is 5.66. The summed E-state index contributed by atoms with van der Waals surface area (Å²) in [5.74, 6) is -0.0151. The number of rotatable bonds is 3. The van der Waals surface area contributed by atoms with Crippen LogP contribution in [0.25, 0.3) is 11.3 Å². The van der Waals surface area contributed by atoms with Gasteiger partial charge in [-0.15, -0.1) is 35.9 Å². The molecule has 0 aliphatic carbocycles. The number of hydrogen-bond donors (Lipinski definition) is 0. The van der Waals surface area contributed by atoms with E-state index in [4.69, 9.17) is 0 Å². The Labute approximate surface area is 172 Å². The summed E-state index contributed by atoms with van der Waals surface area (Å²) in [5.41, 5.74) is 4.10. The molecule has 2 heterocycles. The van der Waals surface area contributed by atoms with Crippen molar-refractivity contribution in [1.82, 2.24) is 9.97 Å². The van der Waals surface area contributed by atoms with Crippen LogP contribution in [-0.2, 0) is 20.1 Å². The fourth-order valence-corrected chi connectivity index (χ4v) is 2.40. The Morgan fingerprint density at radius 1 is 0.889 bits per heavy atom. The average molecular weight is 531 g/mol. The monoisotopic (exact) mass is 531 g/mol. The fourth-order valence-electron chi connectivity index (χ4n) is 2.40. The Balaban J connectivity index is 0.000000189. The molecule has 0 atom stereocenters. The fraction of sp³-hybridized carbons (Fsp3) is 0.0435. The van der Waals surface area contributed by atoms with E-state index in [-0.39, 0.29) is 25.9 Å². The minimum Gasteiger partial charge on any atom is -0.658 e. The van der Waals surface area contributed by atoms with Gasteiger partial charge in [0.25, 0.3) is 0 Å². The van der Waals surface area contributed by atoms with Crippen LogP contribution >= 0.6 is 0 Å². The Kier molecular flexibility index (Phi) is 7.87. The maximum Gasteiger partial charge on any atom is 0.171 e. The first-order valence-corrected chi connectivity index (χ1v) is 8.32. The number of hydrogen-bond acceptors (Lipinski definition) is 2. The predicted octanol–water partition coefficient (Wildman–Crippen LogP) is 4.73. The van der Waals surface area contributed by atoms with Gasteiger partial charge in [-0.2, -0.15) is 5.69 Å². The molecular formula is C23H18IrN2O-2. The molecule has 0 spiro atoms. The maximum absolute atomic E-state index is 11.8. The topological polar surface area (TPSA) is 44.1 Å². The van der Waals surface area contributed by atoms with Crippen LogP contribution in [0.3, 0.4) is 0 Å². The molecule has 4 heteroatoms. The van der Waals surface area contributed by atoms with Gasteiger partial charge in [0.1, 0.15) is 0 Å². The number of ketones is 1. The van der Waals surface area contributed by atoms with Gasteiger partial charge in [0.05, 0.1) is 0 Å². The first kappa shape index (κ1) is 20.5. The second kappa shape index (κ2) is 10.4. The maximum atomic E-state index is 11.8. The van der Waals surface area contributed by atoms with E-state index in [1.54, 1.807) is 24.4 Å². The molecule has 4 aromatic rings. The van der Waals surface area contributed by atoms with Crippen LogP contribution in [0.1, 0.15) is 21.7 Å². The Hall–Kier alpha value is -2.81. The number of nitrogens with zero attached hydrogens (tertiary/aromatic N) is 2. The first-order valence-electron chi connectivity index (χ1n) is 8.32. The van der Waals surface area contributed by atoms with Crippen LogP contribution in [0.5, 0.6) is 0 Å². The molecule has 4 rings (SSSR count). The molecule has 0 fully saturated rings. The molecule has 0 saturated carbocycles. The summed E-state index contributed by atoms with van der Waals surface area (Å²) in [6.07, 6.45) is 1.79. The third-order valence-electron chi connectivity index (χ3n) is 3.70. The third kappa shape index (κ3) is 5.85. The zero-order valence-corrected chi connectivity index (χ0v) is 17.2.